The Balaban J connectivity index is 2.37. The maximum atomic E-state index is 11.5. The maximum Gasteiger partial charge on any atom is 0.407 e. The average Bonchev–Trinajstić information content (AvgIpc) is 2.48. The topological polar surface area (TPSA) is 64.3 Å². The Bertz CT molecular complexity index is 223. The zero-order chi connectivity index (χ0) is 11.5. The molecule has 1 rings (SSSR count). The maximum absolute atomic E-state index is 11.5. The quantitative estimate of drug-likeness (QED) is 0.734. The molecular weight excluding hydrogens is 192 g/mol. The van der Waals surface area contributed by atoms with Crippen LogP contribution in [-0.4, -0.2) is 24.3 Å². The van der Waals surface area contributed by atoms with Crippen molar-refractivity contribution in [3.05, 3.63) is 0 Å². The summed E-state index contributed by atoms with van der Waals surface area (Å²) < 4.78 is 5.20. The second kappa shape index (κ2) is 4.84. The van der Waals surface area contributed by atoms with E-state index in [0.29, 0.717) is 12.5 Å². The van der Waals surface area contributed by atoms with E-state index in [9.17, 15) is 4.79 Å². The predicted octanol–water partition coefficient (Wildman–Crippen LogP) is 1.64. The van der Waals surface area contributed by atoms with Crippen molar-refractivity contribution in [3.8, 4) is 0 Å². The molecule has 1 aliphatic rings. The number of carbonyl (C=O) groups is 1. The van der Waals surface area contributed by atoms with E-state index in [1.54, 1.807) is 0 Å². The van der Waals surface area contributed by atoms with E-state index in [0.717, 1.165) is 19.3 Å². The van der Waals surface area contributed by atoms with Gasteiger partial charge in [0.15, 0.2) is 0 Å². The molecule has 1 amide bonds. The molecule has 0 bridgehead atoms. The van der Waals surface area contributed by atoms with Gasteiger partial charge in [0.25, 0.3) is 0 Å². The van der Waals surface area contributed by atoms with Crippen LogP contribution in [0, 0.1) is 5.92 Å². The number of nitrogens with two attached hydrogens (primary N) is 1. The summed E-state index contributed by atoms with van der Waals surface area (Å²) in [6.45, 7) is 6.23. The van der Waals surface area contributed by atoms with Crippen LogP contribution in [0.4, 0.5) is 4.79 Å². The minimum absolute atomic E-state index is 0.199. The van der Waals surface area contributed by atoms with E-state index >= 15 is 0 Å². The van der Waals surface area contributed by atoms with Crippen molar-refractivity contribution in [2.24, 2.45) is 11.7 Å². The van der Waals surface area contributed by atoms with E-state index in [1.807, 2.05) is 20.8 Å². The first-order valence-corrected chi connectivity index (χ1v) is 5.62. The predicted molar refractivity (Wildman–Crippen MR) is 59.6 cm³/mol. The van der Waals surface area contributed by atoms with Gasteiger partial charge in [0.05, 0.1) is 0 Å². The van der Waals surface area contributed by atoms with Gasteiger partial charge in [0.2, 0.25) is 0 Å². The van der Waals surface area contributed by atoms with E-state index in [-0.39, 0.29) is 12.1 Å². The number of rotatable bonds is 2. The lowest BCUT2D eigenvalue weighted by Crippen LogP contribution is -2.42. The van der Waals surface area contributed by atoms with E-state index in [1.165, 1.54) is 0 Å². The van der Waals surface area contributed by atoms with Gasteiger partial charge in [-0.2, -0.15) is 0 Å². The molecule has 0 unspecified atom stereocenters. The van der Waals surface area contributed by atoms with Crippen LogP contribution in [0.1, 0.15) is 40.0 Å². The minimum Gasteiger partial charge on any atom is -0.444 e. The molecule has 1 saturated carbocycles. The van der Waals surface area contributed by atoms with Crippen LogP contribution < -0.4 is 11.1 Å². The fraction of sp³-hybridized carbons (Fsp3) is 0.909. The van der Waals surface area contributed by atoms with Gasteiger partial charge < -0.3 is 15.8 Å². The van der Waals surface area contributed by atoms with Gasteiger partial charge in [0, 0.05) is 6.04 Å². The molecule has 2 atom stereocenters. The Kier molecular flexibility index (Phi) is 3.97. The van der Waals surface area contributed by atoms with Crippen LogP contribution in [0.25, 0.3) is 0 Å². The van der Waals surface area contributed by atoms with Gasteiger partial charge in [0.1, 0.15) is 5.60 Å². The summed E-state index contributed by atoms with van der Waals surface area (Å²) in [5.41, 5.74) is 5.21. The third-order valence-corrected chi connectivity index (χ3v) is 2.66. The molecule has 3 N–H and O–H groups in total. The molecule has 0 aromatic rings. The van der Waals surface area contributed by atoms with E-state index in [2.05, 4.69) is 5.32 Å². The molecule has 1 aliphatic carbocycles. The Labute approximate surface area is 91.5 Å². The summed E-state index contributed by atoms with van der Waals surface area (Å²) in [6.07, 6.45) is 2.94. The molecule has 0 saturated heterocycles. The molecule has 0 aliphatic heterocycles. The standard InChI is InChI=1S/C11H22N2O2/c1-11(2,3)15-10(14)13-9-6-4-5-8(9)7-12/h8-9H,4-7,12H2,1-3H3,(H,13,14)/t8-,9+/m0/s1. The Morgan fingerprint density at radius 2 is 2.13 bits per heavy atom. The third kappa shape index (κ3) is 4.08. The van der Waals surface area contributed by atoms with Crippen molar-refractivity contribution in [1.29, 1.82) is 0 Å². The normalized spacial score (nSPS) is 26.4. The Morgan fingerprint density at radius 1 is 1.47 bits per heavy atom. The molecule has 1 fully saturated rings. The third-order valence-electron chi connectivity index (χ3n) is 2.66. The first-order chi connectivity index (χ1) is 6.92. The van der Waals surface area contributed by atoms with Gasteiger partial charge in [-0.3, -0.25) is 0 Å². The summed E-state index contributed by atoms with van der Waals surface area (Å²) in [5.74, 6) is 0.414. The molecule has 0 aromatic heterocycles. The highest BCUT2D eigenvalue weighted by molar-refractivity contribution is 5.68. The molecule has 0 heterocycles. The summed E-state index contributed by atoms with van der Waals surface area (Å²) in [7, 11) is 0. The minimum atomic E-state index is -0.430. The summed E-state index contributed by atoms with van der Waals surface area (Å²) in [5, 5.41) is 2.90. The van der Waals surface area contributed by atoms with Gasteiger partial charge in [-0.15, -0.1) is 0 Å². The number of hydrogen-bond acceptors (Lipinski definition) is 3. The van der Waals surface area contributed by atoms with Crippen molar-refractivity contribution in [1.82, 2.24) is 5.32 Å². The number of hydrogen-bond donors (Lipinski definition) is 2. The number of nitrogens with one attached hydrogen (secondary N) is 1. The van der Waals surface area contributed by atoms with Gasteiger partial charge >= 0.3 is 6.09 Å². The van der Waals surface area contributed by atoms with Crippen molar-refractivity contribution in [3.63, 3.8) is 0 Å². The van der Waals surface area contributed by atoms with Crippen LogP contribution in [0.2, 0.25) is 0 Å². The second-order valence-electron chi connectivity index (χ2n) is 5.18. The zero-order valence-electron chi connectivity index (χ0n) is 9.88. The lowest BCUT2D eigenvalue weighted by Gasteiger charge is -2.24. The van der Waals surface area contributed by atoms with Crippen LogP contribution in [0.15, 0.2) is 0 Å². The fourth-order valence-corrected chi connectivity index (χ4v) is 1.97. The molecular formula is C11H22N2O2. The smallest absolute Gasteiger partial charge is 0.407 e. The van der Waals surface area contributed by atoms with Crippen LogP contribution in [0.3, 0.4) is 0 Å². The second-order valence-corrected chi connectivity index (χ2v) is 5.18. The van der Waals surface area contributed by atoms with Crippen molar-refractivity contribution < 1.29 is 9.53 Å². The number of alkyl carbamates (subject to hydrolysis) is 1. The number of ether oxygens (including phenoxy) is 1. The van der Waals surface area contributed by atoms with Crippen LogP contribution in [0.5, 0.6) is 0 Å². The van der Waals surface area contributed by atoms with E-state index < -0.39 is 5.60 Å². The molecule has 4 heteroatoms. The number of amides is 1. The molecule has 15 heavy (non-hydrogen) atoms. The van der Waals surface area contributed by atoms with Crippen LogP contribution >= 0.6 is 0 Å². The molecule has 0 radical (unpaired) electrons. The molecule has 0 aromatic carbocycles. The zero-order valence-corrected chi connectivity index (χ0v) is 9.88. The fourth-order valence-electron chi connectivity index (χ4n) is 1.97. The Hall–Kier alpha value is -0.770. The monoisotopic (exact) mass is 214 g/mol. The van der Waals surface area contributed by atoms with Crippen molar-refractivity contribution in [2.45, 2.75) is 51.7 Å². The first kappa shape index (κ1) is 12.3. The summed E-state index contributed by atoms with van der Waals surface area (Å²) in [6, 6.07) is 0.199. The van der Waals surface area contributed by atoms with Crippen molar-refractivity contribution in [2.75, 3.05) is 6.54 Å². The van der Waals surface area contributed by atoms with Gasteiger partial charge in [-0.05, 0) is 46.1 Å². The first-order valence-electron chi connectivity index (χ1n) is 5.62. The Morgan fingerprint density at radius 3 is 2.67 bits per heavy atom. The van der Waals surface area contributed by atoms with Crippen molar-refractivity contribution >= 4 is 6.09 Å². The molecule has 0 spiro atoms. The number of carbonyl (C=O) groups excluding carboxylic acids is 1. The highest BCUT2D eigenvalue weighted by Crippen LogP contribution is 2.24. The highest BCUT2D eigenvalue weighted by atomic mass is 16.6. The van der Waals surface area contributed by atoms with Gasteiger partial charge in [-0.25, -0.2) is 4.79 Å². The highest BCUT2D eigenvalue weighted by Gasteiger charge is 2.28. The molecule has 88 valence electrons. The largest absolute Gasteiger partial charge is 0.444 e. The van der Waals surface area contributed by atoms with E-state index in [4.69, 9.17) is 10.5 Å². The van der Waals surface area contributed by atoms with Crippen LogP contribution in [-0.2, 0) is 4.74 Å². The lowest BCUT2D eigenvalue weighted by molar-refractivity contribution is 0.0494. The SMILES string of the molecule is CC(C)(C)OC(=O)N[C@@H]1CCC[C@H]1CN. The summed E-state index contributed by atoms with van der Waals surface area (Å²) >= 11 is 0. The average molecular weight is 214 g/mol. The van der Waals surface area contributed by atoms with Gasteiger partial charge in [-0.1, -0.05) is 6.42 Å². The summed E-state index contributed by atoms with van der Waals surface area (Å²) in [4.78, 5) is 11.5. The molecule has 4 nitrogen and oxygen atoms in total. The lowest BCUT2D eigenvalue weighted by atomic mass is 10.0.